The van der Waals surface area contributed by atoms with Crippen molar-refractivity contribution in [1.82, 2.24) is 9.97 Å². The average molecular weight is 226 g/mol. The molecular formula is C11H9F3N2. The first-order valence-electron chi connectivity index (χ1n) is 4.70. The summed E-state index contributed by atoms with van der Waals surface area (Å²) in [4.78, 5) is 8.10. The highest BCUT2D eigenvalue weighted by atomic mass is 19.4. The molecule has 0 saturated heterocycles. The number of benzene rings is 1. The van der Waals surface area contributed by atoms with Crippen molar-refractivity contribution in [3.63, 3.8) is 0 Å². The van der Waals surface area contributed by atoms with E-state index in [0.29, 0.717) is 22.4 Å². The molecule has 0 unspecified atom stereocenters. The lowest BCUT2D eigenvalue weighted by atomic mass is 10.1. The van der Waals surface area contributed by atoms with Gasteiger partial charge in [0.05, 0.1) is 11.1 Å². The Labute approximate surface area is 90.1 Å². The quantitative estimate of drug-likeness (QED) is 0.689. The highest BCUT2D eigenvalue weighted by Gasteiger charge is 2.30. The fourth-order valence-corrected chi connectivity index (χ4v) is 1.61. The number of hydrogen-bond acceptors (Lipinski definition) is 2. The number of aryl methyl sites for hydroxylation is 2. The normalized spacial score (nSPS) is 12.1. The molecule has 0 N–H and O–H groups in total. The van der Waals surface area contributed by atoms with E-state index in [1.54, 1.807) is 13.8 Å². The number of fused-ring (bicyclic) bond motifs is 1. The molecule has 2 nitrogen and oxygen atoms in total. The monoisotopic (exact) mass is 226 g/mol. The standard InChI is InChI=1S/C11H9F3N2/c1-6-9-4-3-8(11(12,13)14)5-10(9)16-7(2)15-6/h3-5H,1-2H3. The summed E-state index contributed by atoms with van der Waals surface area (Å²) in [5.41, 5.74) is 0.341. The van der Waals surface area contributed by atoms with Crippen LogP contribution >= 0.6 is 0 Å². The van der Waals surface area contributed by atoms with Gasteiger partial charge < -0.3 is 0 Å². The first-order chi connectivity index (χ1) is 7.38. The fourth-order valence-electron chi connectivity index (χ4n) is 1.61. The SMILES string of the molecule is Cc1nc(C)c2ccc(C(F)(F)F)cc2n1. The van der Waals surface area contributed by atoms with Crippen molar-refractivity contribution in [3.05, 3.63) is 35.3 Å². The van der Waals surface area contributed by atoms with Crippen LogP contribution < -0.4 is 0 Å². The molecule has 0 atom stereocenters. The Bertz CT molecular complexity index is 547. The zero-order valence-corrected chi connectivity index (χ0v) is 8.76. The molecule has 0 aliphatic rings. The highest BCUT2D eigenvalue weighted by molar-refractivity contribution is 5.81. The van der Waals surface area contributed by atoms with Gasteiger partial charge in [0.25, 0.3) is 0 Å². The first-order valence-corrected chi connectivity index (χ1v) is 4.70. The lowest BCUT2D eigenvalue weighted by Gasteiger charge is -2.08. The zero-order chi connectivity index (χ0) is 11.9. The van der Waals surface area contributed by atoms with Gasteiger partial charge in [-0.1, -0.05) is 6.07 Å². The zero-order valence-electron chi connectivity index (χ0n) is 8.76. The molecule has 0 fully saturated rings. The maximum absolute atomic E-state index is 12.5. The van der Waals surface area contributed by atoms with Crippen LogP contribution in [0.4, 0.5) is 13.2 Å². The Morgan fingerprint density at radius 2 is 1.75 bits per heavy atom. The lowest BCUT2D eigenvalue weighted by Crippen LogP contribution is -2.05. The molecule has 1 aromatic heterocycles. The number of alkyl halides is 3. The van der Waals surface area contributed by atoms with Crippen LogP contribution in [0.5, 0.6) is 0 Å². The Morgan fingerprint density at radius 1 is 1.06 bits per heavy atom. The van der Waals surface area contributed by atoms with Crippen molar-refractivity contribution >= 4 is 10.9 Å². The largest absolute Gasteiger partial charge is 0.416 e. The molecule has 0 amide bonds. The van der Waals surface area contributed by atoms with Crippen LogP contribution in [0.25, 0.3) is 10.9 Å². The fraction of sp³-hybridized carbons (Fsp3) is 0.273. The van der Waals surface area contributed by atoms with E-state index in [9.17, 15) is 13.2 Å². The van der Waals surface area contributed by atoms with Gasteiger partial charge in [0, 0.05) is 11.1 Å². The Balaban J connectivity index is 2.71. The molecule has 84 valence electrons. The smallest absolute Gasteiger partial charge is 0.238 e. The van der Waals surface area contributed by atoms with Gasteiger partial charge >= 0.3 is 6.18 Å². The molecule has 5 heteroatoms. The first kappa shape index (κ1) is 10.9. The number of nitrogens with zero attached hydrogens (tertiary/aromatic N) is 2. The van der Waals surface area contributed by atoms with Gasteiger partial charge in [-0.3, -0.25) is 0 Å². The second-order valence-corrected chi connectivity index (χ2v) is 3.59. The van der Waals surface area contributed by atoms with Gasteiger partial charge in [-0.05, 0) is 26.0 Å². The third-order valence-corrected chi connectivity index (χ3v) is 2.33. The third kappa shape index (κ3) is 1.85. The van der Waals surface area contributed by atoms with Crippen molar-refractivity contribution in [2.45, 2.75) is 20.0 Å². The minimum atomic E-state index is -4.33. The van der Waals surface area contributed by atoms with Crippen LogP contribution in [-0.4, -0.2) is 9.97 Å². The second kappa shape index (κ2) is 3.43. The summed E-state index contributed by atoms with van der Waals surface area (Å²) in [5.74, 6) is 0.476. The van der Waals surface area contributed by atoms with Crippen LogP contribution in [-0.2, 0) is 6.18 Å². The van der Waals surface area contributed by atoms with E-state index < -0.39 is 11.7 Å². The molecule has 0 bridgehead atoms. The Hall–Kier alpha value is -1.65. The Kier molecular flexibility index (Phi) is 2.33. The predicted octanol–water partition coefficient (Wildman–Crippen LogP) is 3.27. The van der Waals surface area contributed by atoms with E-state index in [-0.39, 0.29) is 0 Å². The molecule has 0 aliphatic heterocycles. The number of halogens is 3. The molecular weight excluding hydrogens is 217 g/mol. The van der Waals surface area contributed by atoms with Crippen molar-refractivity contribution in [3.8, 4) is 0 Å². The summed E-state index contributed by atoms with van der Waals surface area (Å²) in [7, 11) is 0. The third-order valence-electron chi connectivity index (χ3n) is 2.33. The molecule has 0 saturated carbocycles. The average Bonchev–Trinajstić information content (AvgIpc) is 2.15. The highest BCUT2D eigenvalue weighted by Crippen LogP contribution is 2.31. The molecule has 0 spiro atoms. The van der Waals surface area contributed by atoms with E-state index in [4.69, 9.17) is 0 Å². The summed E-state index contributed by atoms with van der Waals surface area (Å²) in [6.45, 7) is 3.41. The summed E-state index contributed by atoms with van der Waals surface area (Å²) in [6.07, 6.45) is -4.33. The molecule has 1 aromatic carbocycles. The molecule has 0 radical (unpaired) electrons. The Morgan fingerprint density at radius 3 is 2.38 bits per heavy atom. The van der Waals surface area contributed by atoms with Gasteiger partial charge in [0.15, 0.2) is 0 Å². The van der Waals surface area contributed by atoms with Gasteiger partial charge in [-0.2, -0.15) is 13.2 Å². The van der Waals surface area contributed by atoms with Gasteiger partial charge in [-0.15, -0.1) is 0 Å². The van der Waals surface area contributed by atoms with Crippen molar-refractivity contribution in [1.29, 1.82) is 0 Å². The van der Waals surface area contributed by atoms with E-state index in [1.807, 2.05) is 0 Å². The minimum absolute atomic E-state index is 0.333. The minimum Gasteiger partial charge on any atom is -0.238 e. The topological polar surface area (TPSA) is 25.8 Å². The van der Waals surface area contributed by atoms with Crippen molar-refractivity contribution < 1.29 is 13.2 Å². The van der Waals surface area contributed by atoms with Crippen LogP contribution in [0.1, 0.15) is 17.1 Å². The predicted molar refractivity (Wildman–Crippen MR) is 54.0 cm³/mol. The lowest BCUT2D eigenvalue weighted by molar-refractivity contribution is -0.137. The summed E-state index contributed by atoms with van der Waals surface area (Å²) >= 11 is 0. The summed E-state index contributed by atoms with van der Waals surface area (Å²) in [6, 6.07) is 3.51. The molecule has 0 aliphatic carbocycles. The van der Waals surface area contributed by atoms with Gasteiger partial charge in [-0.25, -0.2) is 9.97 Å². The van der Waals surface area contributed by atoms with Gasteiger partial charge in [0.1, 0.15) is 5.82 Å². The van der Waals surface area contributed by atoms with E-state index in [2.05, 4.69) is 9.97 Å². The van der Waals surface area contributed by atoms with Crippen molar-refractivity contribution in [2.75, 3.05) is 0 Å². The molecule has 2 aromatic rings. The maximum atomic E-state index is 12.5. The number of aromatic nitrogens is 2. The van der Waals surface area contributed by atoms with Crippen LogP contribution in [0.2, 0.25) is 0 Å². The second-order valence-electron chi connectivity index (χ2n) is 3.59. The van der Waals surface area contributed by atoms with Crippen LogP contribution in [0, 0.1) is 13.8 Å². The molecule has 2 rings (SSSR count). The van der Waals surface area contributed by atoms with Gasteiger partial charge in [0.2, 0.25) is 0 Å². The summed E-state index contributed by atoms with van der Waals surface area (Å²) in [5, 5.41) is 0.651. The molecule has 16 heavy (non-hydrogen) atoms. The summed E-state index contributed by atoms with van der Waals surface area (Å²) < 4.78 is 37.4. The molecule has 1 heterocycles. The van der Waals surface area contributed by atoms with E-state index in [0.717, 1.165) is 12.1 Å². The number of rotatable bonds is 0. The van der Waals surface area contributed by atoms with Crippen LogP contribution in [0.15, 0.2) is 18.2 Å². The van der Waals surface area contributed by atoms with Crippen molar-refractivity contribution in [2.24, 2.45) is 0 Å². The van der Waals surface area contributed by atoms with E-state index >= 15 is 0 Å². The van der Waals surface area contributed by atoms with Crippen LogP contribution in [0.3, 0.4) is 0 Å². The van der Waals surface area contributed by atoms with E-state index in [1.165, 1.54) is 6.07 Å². The number of hydrogen-bond donors (Lipinski definition) is 0. The maximum Gasteiger partial charge on any atom is 0.416 e.